The molecule has 0 radical (unpaired) electrons. The number of aryl methyl sites for hydroxylation is 1. The lowest BCUT2D eigenvalue weighted by Gasteiger charge is -2.13. The molecule has 1 aromatic heterocycles. The third-order valence-electron chi connectivity index (χ3n) is 5.02. The molecule has 2 aromatic carbocycles. The van der Waals surface area contributed by atoms with Gasteiger partial charge in [0.25, 0.3) is 0 Å². The zero-order valence-electron chi connectivity index (χ0n) is 18.2. The number of carbonyl (C=O) groups is 1. The van der Waals surface area contributed by atoms with Crippen molar-refractivity contribution in [2.24, 2.45) is 0 Å². The molecule has 0 fully saturated rings. The molecule has 1 heterocycles. The van der Waals surface area contributed by atoms with E-state index in [0.717, 1.165) is 54.0 Å². The van der Waals surface area contributed by atoms with Crippen molar-refractivity contribution in [2.75, 3.05) is 19.8 Å². The highest BCUT2D eigenvalue weighted by atomic mass is 16.5. The number of hydrogen-bond acceptors (Lipinski definition) is 4. The zero-order chi connectivity index (χ0) is 21.9. The fourth-order valence-electron chi connectivity index (χ4n) is 3.53. The second-order valence-corrected chi connectivity index (χ2v) is 7.20. The standard InChI is InChI=1S/C25H31N3O3/c1-3-25(29)26-17-11-5-6-16-24-27-20-12-7-8-13-21(20)28(24)18-19-31-23-15-10-9-14-22(23)30-4-2/h3,7-10,12-15H,1,4-6,11,16-19H2,2H3,(H,26,29). The summed E-state index contributed by atoms with van der Waals surface area (Å²) in [7, 11) is 0. The van der Waals surface area contributed by atoms with Crippen LogP contribution < -0.4 is 14.8 Å². The zero-order valence-corrected chi connectivity index (χ0v) is 18.2. The lowest BCUT2D eigenvalue weighted by molar-refractivity contribution is -0.116. The van der Waals surface area contributed by atoms with Gasteiger partial charge in [-0.2, -0.15) is 0 Å². The van der Waals surface area contributed by atoms with Gasteiger partial charge in [0.15, 0.2) is 11.5 Å². The van der Waals surface area contributed by atoms with Gasteiger partial charge >= 0.3 is 0 Å². The van der Waals surface area contributed by atoms with E-state index in [9.17, 15) is 4.79 Å². The number of nitrogens with one attached hydrogen (secondary N) is 1. The molecular formula is C25H31N3O3. The number of fused-ring (bicyclic) bond motifs is 1. The van der Waals surface area contributed by atoms with Crippen LogP contribution in [-0.4, -0.2) is 35.2 Å². The Bertz CT molecular complexity index is 997. The number of unbranched alkanes of at least 4 members (excludes halogenated alkanes) is 2. The van der Waals surface area contributed by atoms with Crippen molar-refractivity contribution in [1.82, 2.24) is 14.9 Å². The van der Waals surface area contributed by atoms with Crippen molar-refractivity contribution in [3.8, 4) is 11.5 Å². The molecule has 0 unspecified atom stereocenters. The average Bonchev–Trinajstić information content (AvgIpc) is 3.14. The summed E-state index contributed by atoms with van der Waals surface area (Å²) in [6, 6.07) is 16.0. The molecule has 1 amide bonds. The lowest BCUT2D eigenvalue weighted by atomic mass is 10.2. The second-order valence-electron chi connectivity index (χ2n) is 7.20. The van der Waals surface area contributed by atoms with Gasteiger partial charge in [-0.3, -0.25) is 4.79 Å². The number of imidazole rings is 1. The largest absolute Gasteiger partial charge is 0.490 e. The predicted molar refractivity (Wildman–Crippen MR) is 124 cm³/mol. The van der Waals surface area contributed by atoms with E-state index in [0.29, 0.717) is 26.3 Å². The highest BCUT2D eigenvalue weighted by molar-refractivity contribution is 5.86. The average molecular weight is 422 g/mol. The highest BCUT2D eigenvalue weighted by Gasteiger charge is 2.11. The number of carbonyl (C=O) groups excluding carboxylic acids is 1. The number of rotatable bonds is 13. The summed E-state index contributed by atoms with van der Waals surface area (Å²) in [6.07, 6.45) is 5.17. The van der Waals surface area contributed by atoms with Crippen molar-refractivity contribution in [1.29, 1.82) is 0 Å². The maximum Gasteiger partial charge on any atom is 0.243 e. The Labute approximate surface area is 183 Å². The lowest BCUT2D eigenvalue weighted by Crippen LogP contribution is -2.21. The number of nitrogens with zero attached hydrogens (tertiary/aromatic N) is 2. The molecule has 0 saturated carbocycles. The van der Waals surface area contributed by atoms with Crippen LogP contribution in [0.15, 0.2) is 61.2 Å². The van der Waals surface area contributed by atoms with Crippen molar-refractivity contribution >= 4 is 16.9 Å². The molecule has 0 aliphatic carbocycles. The molecule has 6 heteroatoms. The first-order valence-electron chi connectivity index (χ1n) is 10.9. The van der Waals surface area contributed by atoms with Crippen molar-refractivity contribution in [2.45, 2.75) is 39.2 Å². The van der Waals surface area contributed by atoms with Crippen LogP contribution in [0, 0.1) is 0 Å². The van der Waals surface area contributed by atoms with E-state index in [-0.39, 0.29) is 5.91 Å². The van der Waals surface area contributed by atoms with Crippen LogP contribution in [0.2, 0.25) is 0 Å². The van der Waals surface area contributed by atoms with Gasteiger partial charge in [-0.25, -0.2) is 4.98 Å². The SMILES string of the molecule is C=CC(=O)NCCCCCc1nc2ccccc2n1CCOc1ccccc1OCC. The number of benzene rings is 2. The van der Waals surface area contributed by atoms with Crippen molar-refractivity contribution < 1.29 is 14.3 Å². The van der Waals surface area contributed by atoms with Gasteiger partial charge in [-0.15, -0.1) is 0 Å². The van der Waals surface area contributed by atoms with Gasteiger partial charge < -0.3 is 19.4 Å². The Morgan fingerprint density at radius 1 is 1.06 bits per heavy atom. The molecule has 0 spiro atoms. The summed E-state index contributed by atoms with van der Waals surface area (Å²) in [5.41, 5.74) is 2.13. The fourth-order valence-corrected chi connectivity index (χ4v) is 3.53. The Balaban J connectivity index is 1.59. The van der Waals surface area contributed by atoms with Gasteiger partial charge in [0.1, 0.15) is 12.4 Å². The van der Waals surface area contributed by atoms with Gasteiger partial charge in [-0.1, -0.05) is 37.3 Å². The smallest absolute Gasteiger partial charge is 0.243 e. The van der Waals surface area contributed by atoms with Gasteiger partial charge in [0.05, 0.1) is 24.2 Å². The molecule has 3 aromatic rings. The number of hydrogen-bond donors (Lipinski definition) is 1. The Morgan fingerprint density at radius 2 is 1.81 bits per heavy atom. The van der Waals surface area contributed by atoms with E-state index < -0.39 is 0 Å². The number of para-hydroxylation sites is 4. The highest BCUT2D eigenvalue weighted by Crippen LogP contribution is 2.26. The van der Waals surface area contributed by atoms with Crippen molar-refractivity contribution in [3.63, 3.8) is 0 Å². The van der Waals surface area contributed by atoms with Crippen molar-refractivity contribution in [3.05, 3.63) is 67.0 Å². The monoisotopic (exact) mass is 421 g/mol. The summed E-state index contributed by atoms with van der Waals surface area (Å²) in [6.45, 7) is 7.96. The Hall–Kier alpha value is -3.28. The van der Waals surface area contributed by atoms with Crippen LogP contribution in [0.4, 0.5) is 0 Å². The van der Waals surface area contributed by atoms with Crippen LogP contribution in [0.3, 0.4) is 0 Å². The number of aromatic nitrogens is 2. The molecule has 0 saturated heterocycles. The van der Waals surface area contributed by atoms with Crippen LogP contribution in [0.1, 0.15) is 32.0 Å². The molecule has 6 nitrogen and oxygen atoms in total. The first-order chi connectivity index (χ1) is 15.2. The van der Waals surface area contributed by atoms with Gasteiger partial charge in [0, 0.05) is 13.0 Å². The summed E-state index contributed by atoms with van der Waals surface area (Å²) in [4.78, 5) is 16.1. The first kappa shape index (κ1) is 22.4. The molecule has 164 valence electrons. The summed E-state index contributed by atoms with van der Waals surface area (Å²) >= 11 is 0. The van der Waals surface area contributed by atoms with Crippen LogP contribution in [-0.2, 0) is 17.8 Å². The molecule has 0 bridgehead atoms. The maximum atomic E-state index is 11.2. The summed E-state index contributed by atoms with van der Waals surface area (Å²) in [5, 5.41) is 2.82. The first-order valence-corrected chi connectivity index (χ1v) is 10.9. The molecule has 0 aliphatic rings. The van der Waals surface area contributed by atoms with E-state index in [4.69, 9.17) is 14.5 Å². The molecule has 0 atom stereocenters. The summed E-state index contributed by atoms with van der Waals surface area (Å²) in [5.74, 6) is 2.48. The van der Waals surface area contributed by atoms with Gasteiger partial charge in [0.2, 0.25) is 5.91 Å². The van der Waals surface area contributed by atoms with E-state index in [2.05, 4.69) is 22.5 Å². The normalized spacial score (nSPS) is 10.7. The van der Waals surface area contributed by atoms with E-state index in [1.165, 1.54) is 6.08 Å². The minimum Gasteiger partial charge on any atom is -0.490 e. The Kier molecular flexibility index (Phi) is 8.52. The molecule has 1 N–H and O–H groups in total. The van der Waals surface area contributed by atoms with E-state index in [1.54, 1.807) is 0 Å². The molecule has 31 heavy (non-hydrogen) atoms. The van der Waals surface area contributed by atoms with Crippen LogP contribution in [0.25, 0.3) is 11.0 Å². The molecule has 3 rings (SSSR count). The third-order valence-corrected chi connectivity index (χ3v) is 5.02. The topological polar surface area (TPSA) is 65.4 Å². The number of amides is 1. The predicted octanol–water partition coefficient (Wildman–Crippen LogP) is 4.53. The minimum atomic E-state index is -0.118. The van der Waals surface area contributed by atoms with Gasteiger partial charge in [-0.05, 0) is 50.1 Å². The molecule has 0 aliphatic heterocycles. The van der Waals surface area contributed by atoms with Crippen LogP contribution in [0.5, 0.6) is 11.5 Å². The third kappa shape index (κ3) is 6.35. The second kappa shape index (κ2) is 11.8. The number of ether oxygens (including phenoxy) is 2. The van der Waals surface area contributed by atoms with Crippen LogP contribution >= 0.6 is 0 Å². The minimum absolute atomic E-state index is 0.118. The quantitative estimate of drug-likeness (QED) is 0.325. The summed E-state index contributed by atoms with van der Waals surface area (Å²) < 4.78 is 13.9. The Morgan fingerprint density at radius 3 is 2.58 bits per heavy atom. The molecular weight excluding hydrogens is 390 g/mol. The van der Waals surface area contributed by atoms with E-state index >= 15 is 0 Å². The fraction of sp³-hybridized carbons (Fsp3) is 0.360. The van der Waals surface area contributed by atoms with E-state index in [1.807, 2.05) is 49.4 Å². The maximum absolute atomic E-state index is 11.2.